The maximum absolute atomic E-state index is 5.66. The highest BCUT2D eigenvalue weighted by molar-refractivity contribution is 7.15. The summed E-state index contributed by atoms with van der Waals surface area (Å²) < 4.78 is 11.1. The third kappa shape index (κ3) is 4.82. The van der Waals surface area contributed by atoms with E-state index >= 15 is 0 Å². The van der Waals surface area contributed by atoms with Crippen molar-refractivity contribution in [3.8, 4) is 0 Å². The number of hydrogen-bond donors (Lipinski definition) is 1. The molecule has 0 aromatic carbocycles. The fourth-order valence-electron chi connectivity index (χ4n) is 3.17. The van der Waals surface area contributed by atoms with Gasteiger partial charge in [-0.05, 0) is 25.2 Å². The fraction of sp³-hybridized carbons (Fsp3) is 0.611. The lowest BCUT2D eigenvalue weighted by molar-refractivity contribution is 0.122. The summed E-state index contributed by atoms with van der Waals surface area (Å²) in [5, 5.41) is 4.68. The highest BCUT2D eigenvalue weighted by atomic mass is 32.1. The zero-order chi connectivity index (χ0) is 17.5. The molecule has 7 heteroatoms. The number of morpholine rings is 1. The van der Waals surface area contributed by atoms with Crippen LogP contribution in [0.5, 0.6) is 0 Å². The Morgan fingerprint density at radius 3 is 2.80 bits per heavy atom. The summed E-state index contributed by atoms with van der Waals surface area (Å²) in [4.78, 5) is 10.6. The summed E-state index contributed by atoms with van der Waals surface area (Å²) >= 11 is 1.77. The van der Waals surface area contributed by atoms with E-state index in [9.17, 15) is 0 Å². The molecule has 2 aromatic rings. The van der Waals surface area contributed by atoms with Crippen molar-refractivity contribution in [3.63, 3.8) is 0 Å². The molecule has 1 aliphatic heterocycles. The first-order valence-corrected chi connectivity index (χ1v) is 9.89. The minimum absolute atomic E-state index is 0.261. The van der Waals surface area contributed by atoms with Gasteiger partial charge in [0.15, 0.2) is 5.13 Å². The summed E-state index contributed by atoms with van der Waals surface area (Å²) in [7, 11) is 0. The molecule has 1 fully saturated rings. The number of ether oxygens (including phenoxy) is 1. The first kappa shape index (κ1) is 18.4. The van der Waals surface area contributed by atoms with Gasteiger partial charge < -0.3 is 19.4 Å². The van der Waals surface area contributed by atoms with Gasteiger partial charge in [-0.25, -0.2) is 4.98 Å². The number of rotatable bonds is 9. The third-order valence-corrected chi connectivity index (χ3v) is 5.64. The molecule has 1 N–H and O–H groups in total. The summed E-state index contributed by atoms with van der Waals surface area (Å²) in [5.74, 6) is 1.02. The Bertz CT molecular complexity index is 606. The van der Waals surface area contributed by atoms with E-state index < -0.39 is 0 Å². The molecule has 2 aromatic heterocycles. The Morgan fingerprint density at radius 2 is 2.12 bits per heavy atom. The van der Waals surface area contributed by atoms with Gasteiger partial charge >= 0.3 is 0 Å². The van der Waals surface area contributed by atoms with E-state index in [-0.39, 0.29) is 6.04 Å². The second-order valence-electron chi connectivity index (χ2n) is 6.09. The average molecular weight is 365 g/mol. The molecule has 138 valence electrons. The van der Waals surface area contributed by atoms with Crippen LogP contribution in [0, 0.1) is 0 Å². The number of nitrogens with zero attached hydrogens (tertiary/aromatic N) is 3. The Morgan fingerprint density at radius 1 is 1.32 bits per heavy atom. The lowest BCUT2D eigenvalue weighted by atomic mass is 10.2. The predicted octanol–water partition coefficient (Wildman–Crippen LogP) is 2.75. The van der Waals surface area contributed by atoms with Crippen molar-refractivity contribution in [2.45, 2.75) is 26.4 Å². The van der Waals surface area contributed by atoms with Crippen molar-refractivity contribution in [2.75, 3.05) is 50.8 Å². The van der Waals surface area contributed by atoms with Crippen molar-refractivity contribution in [1.29, 1.82) is 0 Å². The van der Waals surface area contributed by atoms with Gasteiger partial charge in [-0.3, -0.25) is 4.90 Å². The number of hydrogen-bond acceptors (Lipinski definition) is 7. The molecule has 0 aliphatic carbocycles. The van der Waals surface area contributed by atoms with Crippen LogP contribution in [0.25, 0.3) is 0 Å². The number of anilines is 1. The van der Waals surface area contributed by atoms with Crippen LogP contribution >= 0.6 is 11.3 Å². The van der Waals surface area contributed by atoms with Crippen molar-refractivity contribution in [1.82, 2.24) is 15.2 Å². The fourth-order valence-corrected chi connectivity index (χ4v) is 4.10. The molecule has 1 atom stereocenters. The highest BCUT2D eigenvalue weighted by Crippen LogP contribution is 2.24. The minimum atomic E-state index is 0.261. The molecule has 0 saturated carbocycles. The summed E-state index contributed by atoms with van der Waals surface area (Å²) in [6.07, 6.45) is 3.74. The molecule has 1 aliphatic rings. The number of aromatic nitrogens is 1. The molecule has 3 heterocycles. The van der Waals surface area contributed by atoms with Gasteiger partial charge in [0.25, 0.3) is 0 Å². The Labute approximate surface area is 153 Å². The van der Waals surface area contributed by atoms with Crippen molar-refractivity contribution in [3.05, 3.63) is 35.2 Å². The van der Waals surface area contributed by atoms with E-state index in [4.69, 9.17) is 9.15 Å². The van der Waals surface area contributed by atoms with Crippen LogP contribution in [-0.2, 0) is 11.3 Å². The molecule has 0 spiro atoms. The van der Waals surface area contributed by atoms with Crippen LogP contribution in [-0.4, -0.2) is 55.8 Å². The van der Waals surface area contributed by atoms with E-state index in [1.54, 1.807) is 17.6 Å². The minimum Gasteiger partial charge on any atom is -0.468 e. The van der Waals surface area contributed by atoms with Crippen molar-refractivity contribution < 1.29 is 9.15 Å². The zero-order valence-corrected chi connectivity index (χ0v) is 15.9. The first-order valence-electron chi connectivity index (χ1n) is 9.07. The van der Waals surface area contributed by atoms with Gasteiger partial charge in [-0.1, -0.05) is 13.8 Å². The molecule has 0 amide bonds. The molecule has 3 rings (SSSR count). The van der Waals surface area contributed by atoms with Gasteiger partial charge in [0.05, 0.1) is 25.5 Å². The predicted molar refractivity (Wildman–Crippen MR) is 101 cm³/mol. The van der Waals surface area contributed by atoms with E-state index in [1.165, 1.54) is 4.88 Å². The summed E-state index contributed by atoms with van der Waals surface area (Å²) in [6, 6.07) is 4.29. The Balaban J connectivity index is 1.54. The second kappa shape index (κ2) is 9.33. The molecule has 25 heavy (non-hydrogen) atoms. The molecule has 1 unspecified atom stereocenters. The van der Waals surface area contributed by atoms with Gasteiger partial charge in [-0.2, -0.15) is 0 Å². The van der Waals surface area contributed by atoms with Gasteiger partial charge in [-0.15, -0.1) is 11.3 Å². The quantitative estimate of drug-likeness (QED) is 0.738. The molecule has 0 bridgehead atoms. The van der Waals surface area contributed by atoms with Crippen LogP contribution < -0.4 is 10.2 Å². The van der Waals surface area contributed by atoms with Crippen molar-refractivity contribution in [2.24, 2.45) is 0 Å². The normalized spacial score (nSPS) is 16.5. The smallest absolute Gasteiger partial charge is 0.185 e. The maximum atomic E-state index is 5.66. The SMILES string of the molecule is CCN(CC)C(CNCc1cnc(N2CCOCC2)s1)c1ccco1. The first-order chi connectivity index (χ1) is 12.3. The lowest BCUT2D eigenvalue weighted by Gasteiger charge is -2.28. The Kier molecular flexibility index (Phi) is 6.86. The third-order valence-electron chi connectivity index (χ3n) is 4.58. The van der Waals surface area contributed by atoms with Gasteiger partial charge in [0.2, 0.25) is 0 Å². The second-order valence-corrected chi connectivity index (χ2v) is 7.19. The number of nitrogens with one attached hydrogen (secondary N) is 1. The summed E-state index contributed by atoms with van der Waals surface area (Å²) in [5.41, 5.74) is 0. The van der Waals surface area contributed by atoms with Gasteiger partial charge in [0, 0.05) is 37.3 Å². The van der Waals surface area contributed by atoms with Crippen LogP contribution in [0.2, 0.25) is 0 Å². The highest BCUT2D eigenvalue weighted by Gasteiger charge is 2.20. The molecule has 6 nitrogen and oxygen atoms in total. The van der Waals surface area contributed by atoms with Gasteiger partial charge in [0.1, 0.15) is 5.76 Å². The monoisotopic (exact) mass is 364 g/mol. The molecule has 0 radical (unpaired) electrons. The van der Waals surface area contributed by atoms with Crippen LogP contribution in [0.1, 0.15) is 30.5 Å². The average Bonchev–Trinajstić information content (AvgIpc) is 3.34. The summed E-state index contributed by atoms with van der Waals surface area (Å²) in [6.45, 7) is 11.5. The van der Waals surface area contributed by atoms with Crippen molar-refractivity contribution >= 4 is 16.5 Å². The number of thiazole rings is 1. The lowest BCUT2D eigenvalue weighted by Crippen LogP contribution is -2.36. The van der Waals surface area contributed by atoms with Crippen LogP contribution in [0.4, 0.5) is 5.13 Å². The molecule has 1 saturated heterocycles. The van der Waals surface area contributed by atoms with Crippen LogP contribution in [0.3, 0.4) is 0 Å². The van der Waals surface area contributed by atoms with E-state index in [2.05, 4.69) is 40.0 Å². The molecular weight excluding hydrogens is 336 g/mol. The zero-order valence-electron chi connectivity index (χ0n) is 15.1. The standard InChI is InChI=1S/C18H28N4O2S/c1-3-21(4-2)16(17-6-5-9-24-17)14-19-12-15-13-20-18(25-15)22-7-10-23-11-8-22/h5-6,9,13,16,19H,3-4,7-8,10-12,14H2,1-2H3. The number of furan rings is 1. The van der Waals surface area contributed by atoms with E-state index in [0.717, 1.165) is 63.4 Å². The topological polar surface area (TPSA) is 53.8 Å². The largest absolute Gasteiger partial charge is 0.468 e. The number of likely N-dealkylation sites (N-methyl/N-ethyl adjacent to an activating group) is 1. The van der Waals surface area contributed by atoms with E-state index in [1.807, 2.05) is 12.3 Å². The Hall–Kier alpha value is -1.41. The molecular formula is C18H28N4O2S. The maximum Gasteiger partial charge on any atom is 0.185 e. The van der Waals surface area contributed by atoms with Crippen LogP contribution in [0.15, 0.2) is 29.0 Å². The van der Waals surface area contributed by atoms with E-state index in [0.29, 0.717) is 0 Å².